The molecule has 0 spiro atoms. The number of nitrogens with one attached hydrogen (secondary N) is 1. The van der Waals surface area contributed by atoms with Crippen LogP contribution in [0.25, 0.3) is 10.9 Å². The number of β-amino-alcohol motifs (C(OH)–C–C–N with tert-alkyl or cyclic N) is 1. The Morgan fingerprint density at radius 3 is 2.90 bits per heavy atom. The van der Waals surface area contributed by atoms with Gasteiger partial charge in [-0.25, -0.2) is 0 Å². The van der Waals surface area contributed by atoms with Gasteiger partial charge in [0.05, 0.1) is 24.8 Å². The lowest BCUT2D eigenvalue weighted by molar-refractivity contribution is 0.0171. The summed E-state index contributed by atoms with van der Waals surface area (Å²) in [5.74, 6) is 0. The molecule has 0 amide bonds. The molecule has 2 N–H and O–H groups in total. The zero-order valence-corrected chi connectivity index (χ0v) is 12.0. The lowest BCUT2D eigenvalue weighted by Crippen LogP contribution is -2.42. The molecule has 3 rings (SSSR count). The number of fused-ring (bicyclic) bond motifs is 1. The van der Waals surface area contributed by atoms with Crippen molar-refractivity contribution in [3.8, 4) is 0 Å². The monoisotopic (exact) mass is 287 g/mol. The van der Waals surface area contributed by atoms with Gasteiger partial charge in [0, 0.05) is 43.4 Å². The number of anilines is 1. The Balaban J connectivity index is 1.58. The molecule has 1 aromatic carbocycles. The van der Waals surface area contributed by atoms with Crippen LogP contribution in [0.2, 0.25) is 0 Å². The van der Waals surface area contributed by atoms with Crippen LogP contribution in [0.3, 0.4) is 0 Å². The molecule has 0 radical (unpaired) electrons. The quantitative estimate of drug-likeness (QED) is 0.869. The van der Waals surface area contributed by atoms with Crippen LogP contribution in [0, 0.1) is 0 Å². The number of para-hydroxylation sites is 1. The molecule has 1 aliphatic heterocycles. The standard InChI is InChI=1S/C16H21N3O2/c20-13(12-19-7-9-21-10-8-19)11-18-16-5-6-17-15-4-2-1-3-14(15)16/h1-6,13,20H,7-12H2,(H,17,18)/t13-/m1/s1. The van der Waals surface area contributed by atoms with Crippen molar-refractivity contribution in [2.45, 2.75) is 6.10 Å². The predicted octanol–water partition coefficient (Wildman–Crippen LogP) is 1.34. The summed E-state index contributed by atoms with van der Waals surface area (Å²) in [6.45, 7) is 4.53. The van der Waals surface area contributed by atoms with E-state index < -0.39 is 6.10 Å². The van der Waals surface area contributed by atoms with Crippen LogP contribution in [0.15, 0.2) is 36.5 Å². The highest BCUT2D eigenvalue weighted by Gasteiger charge is 2.14. The first-order valence-corrected chi connectivity index (χ1v) is 7.39. The molecule has 1 aromatic heterocycles. The average molecular weight is 287 g/mol. The van der Waals surface area contributed by atoms with E-state index in [0.29, 0.717) is 13.1 Å². The third-order valence-corrected chi connectivity index (χ3v) is 3.75. The lowest BCUT2D eigenvalue weighted by Gasteiger charge is -2.28. The van der Waals surface area contributed by atoms with E-state index in [1.165, 1.54) is 0 Å². The molecular weight excluding hydrogens is 266 g/mol. The third-order valence-electron chi connectivity index (χ3n) is 3.75. The number of ether oxygens (including phenoxy) is 1. The molecule has 5 nitrogen and oxygen atoms in total. The summed E-state index contributed by atoms with van der Waals surface area (Å²) >= 11 is 0. The molecule has 0 aliphatic carbocycles. The summed E-state index contributed by atoms with van der Waals surface area (Å²) in [5.41, 5.74) is 1.98. The van der Waals surface area contributed by atoms with E-state index in [0.717, 1.165) is 42.9 Å². The van der Waals surface area contributed by atoms with E-state index >= 15 is 0 Å². The Labute approximate surface area is 124 Å². The largest absolute Gasteiger partial charge is 0.390 e. The Bertz CT molecular complexity index is 579. The van der Waals surface area contributed by atoms with Gasteiger partial charge in [0.25, 0.3) is 0 Å². The van der Waals surface area contributed by atoms with Gasteiger partial charge < -0.3 is 15.2 Å². The van der Waals surface area contributed by atoms with Gasteiger partial charge in [-0.2, -0.15) is 0 Å². The maximum absolute atomic E-state index is 10.2. The smallest absolute Gasteiger partial charge is 0.0839 e. The Hall–Kier alpha value is -1.69. The molecule has 1 fully saturated rings. The molecular formula is C16H21N3O2. The SMILES string of the molecule is O[C@H](CNc1ccnc2ccccc12)CN1CCOCC1. The number of aliphatic hydroxyl groups excluding tert-OH is 1. The fourth-order valence-corrected chi connectivity index (χ4v) is 2.62. The Kier molecular flexibility index (Phi) is 4.65. The number of hydrogen-bond acceptors (Lipinski definition) is 5. The molecule has 0 bridgehead atoms. The van der Waals surface area contributed by atoms with E-state index in [1.807, 2.05) is 30.3 Å². The number of aliphatic hydroxyl groups is 1. The van der Waals surface area contributed by atoms with Gasteiger partial charge in [0.2, 0.25) is 0 Å². The van der Waals surface area contributed by atoms with Crippen molar-refractivity contribution in [1.82, 2.24) is 9.88 Å². The second kappa shape index (κ2) is 6.85. The van der Waals surface area contributed by atoms with Crippen LogP contribution in [-0.2, 0) is 4.74 Å². The zero-order chi connectivity index (χ0) is 14.5. The average Bonchev–Trinajstić information content (AvgIpc) is 2.54. The van der Waals surface area contributed by atoms with Crippen molar-refractivity contribution in [2.24, 2.45) is 0 Å². The van der Waals surface area contributed by atoms with Gasteiger partial charge in [-0.1, -0.05) is 18.2 Å². The minimum atomic E-state index is -0.393. The third kappa shape index (κ3) is 3.69. The number of morpholine rings is 1. The maximum Gasteiger partial charge on any atom is 0.0839 e. The van der Waals surface area contributed by atoms with E-state index in [4.69, 9.17) is 4.74 Å². The van der Waals surface area contributed by atoms with Crippen LogP contribution < -0.4 is 5.32 Å². The van der Waals surface area contributed by atoms with Gasteiger partial charge in [0.15, 0.2) is 0 Å². The van der Waals surface area contributed by atoms with Crippen molar-refractivity contribution < 1.29 is 9.84 Å². The normalized spacial score (nSPS) is 17.8. The summed E-state index contributed by atoms with van der Waals surface area (Å²) in [6.07, 6.45) is 1.40. The van der Waals surface area contributed by atoms with Crippen LogP contribution >= 0.6 is 0 Å². The van der Waals surface area contributed by atoms with E-state index in [-0.39, 0.29) is 0 Å². The number of rotatable bonds is 5. The second-order valence-corrected chi connectivity index (χ2v) is 5.32. The number of benzene rings is 1. The van der Waals surface area contributed by atoms with Gasteiger partial charge in [-0.05, 0) is 12.1 Å². The first-order chi connectivity index (χ1) is 10.3. The van der Waals surface area contributed by atoms with Crippen molar-refractivity contribution in [3.05, 3.63) is 36.5 Å². The predicted molar refractivity (Wildman–Crippen MR) is 83.5 cm³/mol. The molecule has 1 aliphatic rings. The van der Waals surface area contributed by atoms with Crippen molar-refractivity contribution >= 4 is 16.6 Å². The molecule has 2 heterocycles. The minimum absolute atomic E-state index is 0.393. The highest BCUT2D eigenvalue weighted by atomic mass is 16.5. The topological polar surface area (TPSA) is 57.6 Å². The molecule has 0 saturated carbocycles. The highest BCUT2D eigenvalue weighted by Crippen LogP contribution is 2.20. The van der Waals surface area contributed by atoms with Crippen molar-refractivity contribution in [3.63, 3.8) is 0 Å². The molecule has 1 saturated heterocycles. The fraction of sp³-hybridized carbons (Fsp3) is 0.438. The van der Waals surface area contributed by atoms with Crippen LogP contribution in [0.5, 0.6) is 0 Å². The molecule has 5 heteroatoms. The van der Waals surface area contributed by atoms with Crippen LogP contribution in [-0.4, -0.2) is 60.5 Å². The number of nitrogens with zero attached hydrogens (tertiary/aromatic N) is 2. The van der Waals surface area contributed by atoms with Crippen LogP contribution in [0.4, 0.5) is 5.69 Å². The van der Waals surface area contributed by atoms with Crippen molar-refractivity contribution in [2.75, 3.05) is 44.7 Å². The maximum atomic E-state index is 10.2. The fourth-order valence-electron chi connectivity index (χ4n) is 2.62. The van der Waals surface area contributed by atoms with Gasteiger partial charge >= 0.3 is 0 Å². The van der Waals surface area contributed by atoms with Gasteiger partial charge in [0.1, 0.15) is 0 Å². The van der Waals surface area contributed by atoms with Gasteiger partial charge in [-0.15, -0.1) is 0 Å². The Morgan fingerprint density at radius 1 is 1.24 bits per heavy atom. The number of pyridine rings is 1. The summed E-state index contributed by atoms with van der Waals surface area (Å²) in [6, 6.07) is 9.96. The second-order valence-electron chi connectivity index (χ2n) is 5.32. The van der Waals surface area contributed by atoms with E-state index in [9.17, 15) is 5.11 Å². The van der Waals surface area contributed by atoms with Gasteiger partial charge in [-0.3, -0.25) is 9.88 Å². The minimum Gasteiger partial charge on any atom is -0.390 e. The molecule has 1 atom stereocenters. The summed E-state index contributed by atoms with van der Waals surface area (Å²) < 4.78 is 5.31. The molecule has 2 aromatic rings. The molecule has 0 unspecified atom stereocenters. The first kappa shape index (κ1) is 14.3. The molecule has 21 heavy (non-hydrogen) atoms. The zero-order valence-electron chi connectivity index (χ0n) is 12.0. The first-order valence-electron chi connectivity index (χ1n) is 7.39. The van der Waals surface area contributed by atoms with Crippen LogP contribution in [0.1, 0.15) is 0 Å². The summed E-state index contributed by atoms with van der Waals surface area (Å²) in [5, 5.41) is 14.6. The highest BCUT2D eigenvalue weighted by molar-refractivity contribution is 5.90. The van der Waals surface area contributed by atoms with Crippen molar-refractivity contribution in [1.29, 1.82) is 0 Å². The summed E-state index contributed by atoms with van der Waals surface area (Å²) in [4.78, 5) is 6.57. The summed E-state index contributed by atoms with van der Waals surface area (Å²) in [7, 11) is 0. The van der Waals surface area contributed by atoms with E-state index in [2.05, 4.69) is 15.2 Å². The molecule has 112 valence electrons. The van der Waals surface area contributed by atoms with E-state index in [1.54, 1.807) is 6.20 Å². The lowest BCUT2D eigenvalue weighted by atomic mass is 10.2. The number of aromatic nitrogens is 1. The number of hydrogen-bond donors (Lipinski definition) is 2. The Morgan fingerprint density at radius 2 is 2.05 bits per heavy atom.